The Bertz CT molecular complexity index is 221. The predicted octanol–water partition coefficient (Wildman–Crippen LogP) is 2.90. The molecule has 1 saturated heterocycles. The van der Waals surface area contributed by atoms with E-state index in [1.165, 1.54) is 51.7 Å². The quantitative estimate of drug-likeness (QED) is 0.652. The minimum absolute atomic E-state index is 0.707. The van der Waals surface area contributed by atoms with Crippen LogP contribution in [0.3, 0.4) is 0 Å². The molecule has 114 valence electrons. The van der Waals surface area contributed by atoms with E-state index in [2.05, 4.69) is 31.0 Å². The average molecular weight is 270 g/mol. The van der Waals surface area contributed by atoms with Crippen molar-refractivity contribution in [3.8, 4) is 0 Å². The summed E-state index contributed by atoms with van der Waals surface area (Å²) in [6, 6.07) is 1.43. The van der Waals surface area contributed by atoms with Gasteiger partial charge in [0.1, 0.15) is 0 Å². The summed E-state index contributed by atoms with van der Waals surface area (Å²) in [6.45, 7) is 11.6. The zero-order valence-electron chi connectivity index (χ0n) is 13.5. The highest BCUT2D eigenvalue weighted by atomic mass is 16.5. The molecule has 1 fully saturated rings. The van der Waals surface area contributed by atoms with Crippen LogP contribution in [0.25, 0.3) is 0 Å². The zero-order valence-corrected chi connectivity index (χ0v) is 13.5. The minimum Gasteiger partial charge on any atom is -0.385 e. The van der Waals surface area contributed by atoms with Gasteiger partial charge < -0.3 is 10.1 Å². The molecule has 3 nitrogen and oxygen atoms in total. The molecule has 0 bridgehead atoms. The summed E-state index contributed by atoms with van der Waals surface area (Å²) >= 11 is 0. The van der Waals surface area contributed by atoms with Crippen molar-refractivity contribution in [3.63, 3.8) is 0 Å². The van der Waals surface area contributed by atoms with E-state index in [0.717, 1.165) is 18.6 Å². The van der Waals surface area contributed by atoms with Gasteiger partial charge in [-0.1, -0.05) is 27.2 Å². The lowest BCUT2D eigenvalue weighted by Crippen LogP contribution is -2.58. The van der Waals surface area contributed by atoms with Gasteiger partial charge in [-0.05, 0) is 38.1 Å². The van der Waals surface area contributed by atoms with E-state index >= 15 is 0 Å². The van der Waals surface area contributed by atoms with Gasteiger partial charge in [0.15, 0.2) is 0 Å². The van der Waals surface area contributed by atoms with Crippen LogP contribution in [0.5, 0.6) is 0 Å². The fourth-order valence-corrected chi connectivity index (χ4v) is 3.09. The van der Waals surface area contributed by atoms with Crippen LogP contribution in [0.2, 0.25) is 0 Å². The third-order valence-electron chi connectivity index (χ3n) is 4.24. The molecule has 3 heteroatoms. The summed E-state index contributed by atoms with van der Waals surface area (Å²) in [4.78, 5) is 2.73. The fraction of sp³-hybridized carbons (Fsp3) is 1.00. The maximum atomic E-state index is 5.12. The molecule has 1 rings (SSSR count). The first-order valence-electron chi connectivity index (χ1n) is 8.15. The third-order valence-corrected chi connectivity index (χ3v) is 4.24. The molecule has 2 unspecified atom stereocenters. The summed E-state index contributed by atoms with van der Waals surface area (Å²) in [5.41, 5.74) is 0. The van der Waals surface area contributed by atoms with E-state index in [0.29, 0.717) is 6.04 Å². The fourth-order valence-electron chi connectivity index (χ4n) is 3.09. The highest BCUT2D eigenvalue weighted by molar-refractivity contribution is 4.87. The van der Waals surface area contributed by atoms with E-state index in [9.17, 15) is 0 Å². The summed E-state index contributed by atoms with van der Waals surface area (Å²) < 4.78 is 5.12. The van der Waals surface area contributed by atoms with Gasteiger partial charge in [0.05, 0.1) is 0 Å². The van der Waals surface area contributed by atoms with E-state index in [-0.39, 0.29) is 0 Å². The number of nitrogens with zero attached hydrogens (tertiary/aromatic N) is 1. The molecule has 2 atom stereocenters. The molecule has 0 amide bonds. The van der Waals surface area contributed by atoms with Crippen molar-refractivity contribution in [3.05, 3.63) is 0 Å². The summed E-state index contributed by atoms with van der Waals surface area (Å²) in [5.74, 6) is 0.744. The van der Waals surface area contributed by atoms with E-state index in [4.69, 9.17) is 4.74 Å². The Kier molecular flexibility index (Phi) is 8.67. The molecule has 0 spiro atoms. The van der Waals surface area contributed by atoms with Crippen LogP contribution >= 0.6 is 0 Å². The zero-order chi connectivity index (χ0) is 14.1. The number of hydrogen-bond donors (Lipinski definition) is 1. The first-order chi connectivity index (χ1) is 9.19. The van der Waals surface area contributed by atoms with Gasteiger partial charge in [0.25, 0.3) is 0 Å². The Morgan fingerprint density at radius 3 is 2.68 bits per heavy atom. The lowest BCUT2D eigenvalue weighted by Gasteiger charge is -2.42. The number of methoxy groups -OCH3 is 1. The van der Waals surface area contributed by atoms with Crippen molar-refractivity contribution in [2.45, 2.75) is 65.0 Å². The van der Waals surface area contributed by atoms with Crippen LogP contribution in [-0.2, 0) is 4.74 Å². The Hall–Kier alpha value is -0.120. The van der Waals surface area contributed by atoms with Crippen molar-refractivity contribution in [1.82, 2.24) is 10.2 Å². The SMILES string of the molecule is CCCC1CN(CCCCCOC)C(C(C)C)CN1. The smallest absolute Gasteiger partial charge is 0.0462 e. The number of rotatable bonds is 9. The Labute approximate surface area is 120 Å². The van der Waals surface area contributed by atoms with E-state index < -0.39 is 0 Å². The van der Waals surface area contributed by atoms with Crippen molar-refractivity contribution in [1.29, 1.82) is 0 Å². The molecule has 0 aromatic rings. The first kappa shape index (κ1) is 16.9. The van der Waals surface area contributed by atoms with E-state index in [1.807, 2.05) is 0 Å². The van der Waals surface area contributed by atoms with Crippen LogP contribution in [0, 0.1) is 5.92 Å². The van der Waals surface area contributed by atoms with Gasteiger partial charge in [-0.25, -0.2) is 0 Å². The van der Waals surface area contributed by atoms with Crippen LogP contribution in [-0.4, -0.2) is 50.3 Å². The molecular formula is C16H34N2O. The lowest BCUT2D eigenvalue weighted by molar-refractivity contribution is 0.0926. The molecule has 1 aliphatic heterocycles. The molecule has 1 N–H and O–H groups in total. The Morgan fingerprint density at radius 1 is 1.26 bits per heavy atom. The molecule has 19 heavy (non-hydrogen) atoms. The number of nitrogens with one attached hydrogen (secondary N) is 1. The number of hydrogen-bond acceptors (Lipinski definition) is 3. The van der Waals surface area contributed by atoms with Crippen LogP contribution in [0.15, 0.2) is 0 Å². The van der Waals surface area contributed by atoms with Crippen molar-refractivity contribution in [2.24, 2.45) is 5.92 Å². The molecule has 1 aliphatic rings. The van der Waals surface area contributed by atoms with Gasteiger partial charge in [-0.15, -0.1) is 0 Å². The largest absolute Gasteiger partial charge is 0.385 e. The molecule has 1 heterocycles. The second-order valence-electron chi connectivity index (χ2n) is 6.25. The maximum absolute atomic E-state index is 5.12. The number of piperazine rings is 1. The second-order valence-corrected chi connectivity index (χ2v) is 6.25. The highest BCUT2D eigenvalue weighted by Gasteiger charge is 2.28. The van der Waals surface area contributed by atoms with Crippen molar-refractivity contribution in [2.75, 3.05) is 33.4 Å². The van der Waals surface area contributed by atoms with Gasteiger partial charge in [0.2, 0.25) is 0 Å². The lowest BCUT2D eigenvalue weighted by atomic mass is 9.96. The minimum atomic E-state index is 0.707. The molecule has 0 radical (unpaired) electrons. The molecule has 0 aliphatic carbocycles. The van der Waals surface area contributed by atoms with Gasteiger partial charge >= 0.3 is 0 Å². The van der Waals surface area contributed by atoms with E-state index in [1.54, 1.807) is 7.11 Å². The van der Waals surface area contributed by atoms with Crippen LogP contribution < -0.4 is 5.32 Å². The number of unbranched alkanes of at least 4 members (excludes halogenated alkanes) is 2. The Morgan fingerprint density at radius 2 is 2.05 bits per heavy atom. The summed E-state index contributed by atoms with van der Waals surface area (Å²) in [7, 11) is 1.79. The highest BCUT2D eigenvalue weighted by Crippen LogP contribution is 2.17. The average Bonchev–Trinajstić information content (AvgIpc) is 2.39. The molecule has 0 aromatic carbocycles. The Balaban J connectivity index is 2.34. The normalized spacial score (nSPS) is 25.1. The topological polar surface area (TPSA) is 24.5 Å². The second kappa shape index (κ2) is 9.73. The van der Waals surface area contributed by atoms with Crippen molar-refractivity contribution < 1.29 is 4.74 Å². The molecular weight excluding hydrogens is 236 g/mol. The summed E-state index contributed by atoms with van der Waals surface area (Å²) in [5, 5.41) is 3.73. The monoisotopic (exact) mass is 270 g/mol. The van der Waals surface area contributed by atoms with Gasteiger partial charge in [-0.2, -0.15) is 0 Å². The first-order valence-corrected chi connectivity index (χ1v) is 8.15. The van der Waals surface area contributed by atoms with Gasteiger partial charge in [-0.3, -0.25) is 4.90 Å². The third kappa shape index (κ3) is 6.24. The molecule has 0 aromatic heterocycles. The van der Waals surface area contributed by atoms with Gasteiger partial charge in [0, 0.05) is 38.9 Å². The standard InChI is InChI=1S/C16H34N2O/c1-5-9-15-13-18(10-7-6-8-11-19-4)16(12-17-15)14(2)3/h14-17H,5-13H2,1-4H3. The maximum Gasteiger partial charge on any atom is 0.0462 e. The van der Waals surface area contributed by atoms with Crippen LogP contribution in [0.1, 0.15) is 52.9 Å². The number of ether oxygens (including phenoxy) is 1. The molecule has 0 saturated carbocycles. The summed E-state index contributed by atoms with van der Waals surface area (Å²) in [6.07, 6.45) is 6.40. The van der Waals surface area contributed by atoms with Crippen LogP contribution in [0.4, 0.5) is 0 Å². The predicted molar refractivity (Wildman–Crippen MR) is 82.6 cm³/mol. The van der Waals surface area contributed by atoms with Crippen molar-refractivity contribution >= 4 is 0 Å².